The number of nitriles is 1. The molecule has 0 N–H and O–H groups in total. The molecule has 1 aliphatic rings. The number of amides is 1. The number of ether oxygens (including phenoxy) is 2. The zero-order valence-corrected chi connectivity index (χ0v) is 21.9. The summed E-state index contributed by atoms with van der Waals surface area (Å²) in [6.07, 6.45) is -4.12. The Bertz CT molecular complexity index is 1150. The number of alkyl halides is 3. The largest absolute Gasteiger partial charge is 0.466 e. The average molecular weight is 531 g/mol. The monoisotopic (exact) mass is 530 g/mol. The van der Waals surface area contributed by atoms with Gasteiger partial charge >= 0.3 is 12.1 Å². The van der Waals surface area contributed by atoms with Crippen molar-refractivity contribution < 1.29 is 32.2 Å². The molecule has 1 saturated heterocycles. The van der Waals surface area contributed by atoms with Crippen LogP contribution in [0.15, 0.2) is 54.6 Å². The van der Waals surface area contributed by atoms with Crippen molar-refractivity contribution in [2.75, 3.05) is 26.8 Å². The fourth-order valence-electron chi connectivity index (χ4n) is 5.52. The number of hydrogen-bond donors (Lipinski definition) is 0. The number of carbonyl (C=O) groups excluding carboxylic acids is 2. The van der Waals surface area contributed by atoms with E-state index < -0.39 is 35.0 Å². The summed E-state index contributed by atoms with van der Waals surface area (Å²) in [7, 11) is 0.876. The quantitative estimate of drug-likeness (QED) is 0.399. The molecule has 2 aromatic rings. The number of methoxy groups -OCH3 is 1. The van der Waals surface area contributed by atoms with Crippen molar-refractivity contribution >= 4 is 11.9 Å². The maximum absolute atomic E-state index is 14.5. The molecule has 204 valence electrons. The van der Waals surface area contributed by atoms with Crippen LogP contribution >= 0.6 is 0 Å². The van der Waals surface area contributed by atoms with Crippen LogP contribution in [0.25, 0.3) is 0 Å². The number of likely N-dealkylation sites (tertiary alicyclic amines) is 1. The van der Waals surface area contributed by atoms with Crippen LogP contribution < -0.4 is 0 Å². The van der Waals surface area contributed by atoms with E-state index in [2.05, 4.69) is 6.07 Å². The van der Waals surface area contributed by atoms with Gasteiger partial charge in [0.2, 0.25) is 0 Å². The second-order valence-corrected chi connectivity index (χ2v) is 9.50. The van der Waals surface area contributed by atoms with Gasteiger partial charge in [-0.15, -0.1) is 0 Å². The smallest absolute Gasteiger partial charge is 0.430 e. The minimum Gasteiger partial charge on any atom is -0.466 e. The molecular formula is C29H33F3N2O4. The highest BCUT2D eigenvalue weighted by molar-refractivity contribution is 5.88. The third-order valence-corrected chi connectivity index (χ3v) is 7.52. The number of hydrogen-bond acceptors (Lipinski definition) is 5. The second kappa shape index (κ2) is 12.0. The first-order valence-electron chi connectivity index (χ1n) is 12.7. The first-order chi connectivity index (χ1) is 18.1. The molecule has 1 aliphatic heterocycles. The average Bonchev–Trinajstić information content (AvgIpc) is 2.90. The molecule has 3 rings (SSSR count). The van der Waals surface area contributed by atoms with Gasteiger partial charge < -0.3 is 14.4 Å². The highest BCUT2D eigenvalue weighted by Gasteiger charge is 2.64. The van der Waals surface area contributed by atoms with Crippen LogP contribution in [0.4, 0.5) is 13.2 Å². The van der Waals surface area contributed by atoms with Gasteiger partial charge in [-0.05, 0) is 37.3 Å². The number of aryl methyl sites for hydroxylation is 1. The molecule has 0 aliphatic carbocycles. The van der Waals surface area contributed by atoms with Crippen molar-refractivity contribution in [1.82, 2.24) is 4.90 Å². The fourth-order valence-corrected chi connectivity index (χ4v) is 5.52. The van der Waals surface area contributed by atoms with E-state index in [0.29, 0.717) is 6.42 Å². The number of esters is 1. The summed E-state index contributed by atoms with van der Waals surface area (Å²) >= 11 is 0. The van der Waals surface area contributed by atoms with E-state index >= 15 is 0 Å². The van der Waals surface area contributed by atoms with E-state index in [1.807, 2.05) is 31.2 Å². The highest BCUT2D eigenvalue weighted by atomic mass is 19.4. The van der Waals surface area contributed by atoms with Crippen LogP contribution in [0.3, 0.4) is 0 Å². The Labute approximate surface area is 221 Å². The maximum Gasteiger partial charge on any atom is 0.430 e. The Morgan fingerprint density at radius 2 is 1.66 bits per heavy atom. The van der Waals surface area contributed by atoms with Crippen LogP contribution in [0, 0.1) is 16.7 Å². The lowest BCUT2D eigenvalue weighted by atomic mass is 9.64. The lowest BCUT2D eigenvalue weighted by Crippen LogP contribution is -2.59. The van der Waals surface area contributed by atoms with E-state index in [4.69, 9.17) is 9.47 Å². The first kappa shape index (κ1) is 29.2. The van der Waals surface area contributed by atoms with Crippen LogP contribution in [0.2, 0.25) is 0 Å². The van der Waals surface area contributed by atoms with Crippen LogP contribution in [0.5, 0.6) is 0 Å². The molecule has 38 heavy (non-hydrogen) atoms. The lowest BCUT2D eigenvalue weighted by molar-refractivity contribution is -0.271. The molecule has 0 saturated carbocycles. The van der Waals surface area contributed by atoms with Gasteiger partial charge in [-0.1, -0.05) is 61.5 Å². The van der Waals surface area contributed by atoms with Crippen LogP contribution in [-0.4, -0.2) is 49.8 Å². The molecule has 2 atom stereocenters. The Hall–Kier alpha value is -3.38. The fraction of sp³-hybridized carbons (Fsp3) is 0.483. The van der Waals surface area contributed by atoms with Crippen LogP contribution in [-0.2, 0) is 31.1 Å². The summed E-state index contributed by atoms with van der Waals surface area (Å²) in [4.78, 5) is 27.4. The zero-order chi connectivity index (χ0) is 28.0. The van der Waals surface area contributed by atoms with Crippen molar-refractivity contribution in [2.45, 2.75) is 57.2 Å². The van der Waals surface area contributed by atoms with E-state index in [9.17, 15) is 28.0 Å². The molecule has 1 amide bonds. The van der Waals surface area contributed by atoms with Gasteiger partial charge in [-0.2, -0.15) is 18.4 Å². The van der Waals surface area contributed by atoms with Crippen LogP contribution in [0.1, 0.15) is 55.7 Å². The Morgan fingerprint density at radius 3 is 2.18 bits per heavy atom. The van der Waals surface area contributed by atoms with E-state index in [0.717, 1.165) is 23.1 Å². The van der Waals surface area contributed by atoms with Gasteiger partial charge in [-0.3, -0.25) is 9.59 Å². The van der Waals surface area contributed by atoms with E-state index in [1.165, 1.54) is 24.3 Å². The molecule has 0 aromatic heterocycles. The normalized spacial score (nSPS) is 17.7. The summed E-state index contributed by atoms with van der Waals surface area (Å²) in [5.41, 5.74) is -2.65. The third kappa shape index (κ3) is 5.41. The molecule has 1 heterocycles. The minimum absolute atomic E-state index is 0.0707. The minimum atomic E-state index is -5.02. The number of piperidine rings is 1. The second-order valence-electron chi connectivity index (χ2n) is 9.50. The Morgan fingerprint density at radius 1 is 1.05 bits per heavy atom. The zero-order valence-electron chi connectivity index (χ0n) is 21.9. The maximum atomic E-state index is 14.5. The molecule has 0 bridgehead atoms. The van der Waals surface area contributed by atoms with Crippen molar-refractivity contribution in [1.29, 1.82) is 5.26 Å². The summed E-state index contributed by atoms with van der Waals surface area (Å²) in [5, 5.41) is 10.3. The predicted octanol–water partition coefficient (Wildman–Crippen LogP) is 5.52. The number of nitrogens with zero attached hydrogens (tertiary/aromatic N) is 2. The first-order valence-corrected chi connectivity index (χ1v) is 12.7. The van der Waals surface area contributed by atoms with Crippen molar-refractivity contribution in [2.24, 2.45) is 5.41 Å². The molecular weight excluding hydrogens is 497 g/mol. The van der Waals surface area contributed by atoms with E-state index in [-0.39, 0.29) is 44.5 Å². The molecule has 6 nitrogen and oxygen atoms in total. The highest BCUT2D eigenvalue weighted by Crippen LogP contribution is 2.50. The standard InChI is InChI=1S/C29H33F3N2O4/c1-4-21-11-9-10-14-23(21)24(20-33)27(19-25(35)38-5-2)15-17-34(18-16-27)26(36)28(37-3,29(30,31)32)22-12-7-6-8-13-22/h6-14,24H,4-5,15-19H2,1-3H3/t24?,28-/m1/s1. The number of benzene rings is 2. The van der Waals surface area contributed by atoms with Gasteiger partial charge in [0.1, 0.15) is 0 Å². The molecule has 9 heteroatoms. The lowest BCUT2D eigenvalue weighted by Gasteiger charge is -2.46. The summed E-state index contributed by atoms with van der Waals surface area (Å²) < 4.78 is 53.6. The van der Waals surface area contributed by atoms with Crippen molar-refractivity contribution in [3.05, 3.63) is 71.3 Å². The van der Waals surface area contributed by atoms with Crippen molar-refractivity contribution in [3.63, 3.8) is 0 Å². The Balaban J connectivity index is 1.99. The number of carbonyl (C=O) groups is 2. The van der Waals surface area contributed by atoms with Gasteiger partial charge in [0.25, 0.3) is 11.5 Å². The van der Waals surface area contributed by atoms with Gasteiger partial charge in [0.15, 0.2) is 0 Å². The number of halogens is 3. The number of rotatable bonds is 9. The summed E-state index contributed by atoms with van der Waals surface area (Å²) in [6.45, 7) is 3.68. The summed E-state index contributed by atoms with van der Waals surface area (Å²) in [6, 6.07) is 16.7. The molecule has 2 aromatic carbocycles. The molecule has 1 fully saturated rings. The Kier molecular flexibility index (Phi) is 9.21. The molecule has 1 unspecified atom stereocenters. The van der Waals surface area contributed by atoms with Crippen molar-refractivity contribution in [3.8, 4) is 6.07 Å². The van der Waals surface area contributed by atoms with Gasteiger partial charge in [0, 0.05) is 31.2 Å². The molecule has 0 spiro atoms. The SMILES string of the molecule is CCOC(=O)CC1(C(C#N)c2ccccc2CC)CCN(C(=O)[C@](OC)(c2ccccc2)C(F)(F)F)CC1. The predicted molar refractivity (Wildman–Crippen MR) is 135 cm³/mol. The van der Waals surface area contributed by atoms with E-state index in [1.54, 1.807) is 13.0 Å². The molecule has 0 radical (unpaired) electrons. The van der Waals surface area contributed by atoms with Gasteiger partial charge in [-0.25, -0.2) is 0 Å². The topological polar surface area (TPSA) is 79.6 Å². The summed E-state index contributed by atoms with van der Waals surface area (Å²) in [5.74, 6) is -2.40. The third-order valence-electron chi connectivity index (χ3n) is 7.52. The van der Waals surface area contributed by atoms with Gasteiger partial charge in [0.05, 0.1) is 25.0 Å².